The van der Waals surface area contributed by atoms with E-state index in [2.05, 4.69) is 17.4 Å². The van der Waals surface area contributed by atoms with Crippen molar-refractivity contribution in [2.45, 2.75) is 32.4 Å². The molecule has 0 aromatic heterocycles. The number of carbonyl (C=O) groups is 1. The van der Waals surface area contributed by atoms with Gasteiger partial charge in [-0.05, 0) is 61.7 Å². The second-order valence-electron chi connectivity index (χ2n) is 7.92. The average molecular weight is 505 g/mol. The van der Waals surface area contributed by atoms with Crippen LogP contribution in [0.2, 0.25) is 10.0 Å². The number of nitrogens with zero attached hydrogens (tertiary/aromatic N) is 1. The number of rotatable bonds is 9. The van der Waals surface area contributed by atoms with E-state index in [4.69, 9.17) is 23.2 Å². The van der Waals surface area contributed by atoms with Crippen LogP contribution in [-0.2, 0) is 23.0 Å². The summed E-state index contributed by atoms with van der Waals surface area (Å²) in [5.74, 6) is -0.206. The maximum atomic E-state index is 12.6. The third kappa shape index (κ3) is 6.97. The summed E-state index contributed by atoms with van der Waals surface area (Å²) in [6.45, 7) is 1.95. The highest BCUT2D eigenvalue weighted by Gasteiger charge is 2.21. The van der Waals surface area contributed by atoms with Crippen molar-refractivity contribution < 1.29 is 13.2 Å². The number of hydrogen-bond donors (Lipinski definition) is 1. The lowest BCUT2D eigenvalue weighted by atomic mass is 10.1. The van der Waals surface area contributed by atoms with E-state index < -0.39 is 10.0 Å². The van der Waals surface area contributed by atoms with Crippen LogP contribution >= 0.6 is 23.2 Å². The fourth-order valence-electron chi connectivity index (χ4n) is 3.41. The molecule has 1 N–H and O–H groups in total. The van der Waals surface area contributed by atoms with Gasteiger partial charge in [-0.25, -0.2) is 8.42 Å². The van der Waals surface area contributed by atoms with Crippen molar-refractivity contribution in [2.75, 3.05) is 10.6 Å². The highest BCUT2D eigenvalue weighted by atomic mass is 35.5. The van der Waals surface area contributed by atoms with Crippen molar-refractivity contribution in [3.63, 3.8) is 0 Å². The monoisotopic (exact) mass is 504 g/mol. The molecule has 3 rings (SSSR count). The Balaban J connectivity index is 1.69. The number of carbonyl (C=O) groups excluding carboxylic acids is 1. The average Bonchev–Trinajstić information content (AvgIpc) is 2.77. The molecule has 0 saturated heterocycles. The molecule has 0 fully saturated rings. The molecule has 1 amide bonds. The predicted octanol–water partition coefficient (Wildman–Crippen LogP) is 5.71. The van der Waals surface area contributed by atoms with E-state index in [9.17, 15) is 13.2 Å². The molecule has 0 radical (unpaired) electrons. The van der Waals surface area contributed by atoms with E-state index in [0.29, 0.717) is 26.9 Å². The minimum atomic E-state index is -3.62. The number of sulfonamides is 1. The van der Waals surface area contributed by atoms with Gasteiger partial charge in [0.05, 0.1) is 18.5 Å². The highest BCUT2D eigenvalue weighted by Crippen LogP contribution is 2.29. The van der Waals surface area contributed by atoms with Gasteiger partial charge in [-0.2, -0.15) is 0 Å². The Kier molecular flexibility index (Phi) is 8.40. The molecule has 0 aliphatic rings. The van der Waals surface area contributed by atoms with Crippen LogP contribution in [-0.4, -0.2) is 26.6 Å². The molecule has 3 aromatic carbocycles. The second-order valence-corrected chi connectivity index (χ2v) is 10.6. The van der Waals surface area contributed by atoms with Crippen LogP contribution in [0.5, 0.6) is 0 Å². The summed E-state index contributed by atoms with van der Waals surface area (Å²) >= 11 is 12.5. The molecule has 0 heterocycles. The van der Waals surface area contributed by atoms with Crippen LogP contribution in [0, 0.1) is 0 Å². The molecule has 0 aliphatic heterocycles. The number of halogens is 2. The SMILES string of the molecule is C[C@H](CCc1ccccc1)NC(=O)c1ccc(N(Cc2c(Cl)cccc2Cl)S(C)(=O)=O)cc1. The van der Waals surface area contributed by atoms with Gasteiger partial charge in [0.15, 0.2) is 0 Å². The van der Waals surface area contributed by atoms with Gasteiger partial charge in [0, 0.05) is 27.2 Å². The Morgan fingerprint density at radius 2 is 1.55 bits per heavy atom. The Morgan fingerprint density at radius 1 is 0.939 bits per heavy atom. The first-order chi connectivity index (χ1) is 15.6. The number of anilines is 1. The van der Waals surface area contributed by atoms with E-state index in [1.54, 1.807) is 42.5 Å². The van der Waals surface area contributed by atoms with E-state index in [0.717, 1.165) is 19.1 Å². The van der Waals surface area contributed by atoms with Gasteiger partial charge in [0.2, 0.25) is 10.0 Å². The molecule has 174 valence electrons. The molecular weight excluding hydrogens is 479 g/mol. The Hall–Kier alpha value is -2.54. The summed E-state index contributed by atoms with van der Waals surface area (Å²) in [4.78, 5) is 12.6. The molecule has 33 heavy (non-hydrogen) atoms. The third-order valence-electron chi connectivity index (χ3n) is 5.27. The summed E-state index contributed by atoms with van der Waals surface area (Å²) in [5.41, 5.74) is 2.61. The first-order valence-electron chi connectivity index (χ1n) is 10.5. The van der Waals surface area contributed by atoms with Crippen molar-refractivity contribution in [1.82, 2.24) is 5.32 Å². The van der Waals surface area contributed by atoms with Crippen molar-refractivity contribution in [1.29, 1.82) is 0 Å². The third-order valence-corrected chi connectivity index (χ3v) is 7.12. The number of amides is 1. The zero-order chi connectivity index (χ0) is 24.0. The fraction of sp³-hybridized carbons (Fsp3) is 0.240. The molecular formula is C25H26Cl2N2O3S. The van der Waals surface area contributed by atoms with Gasteiger partial charge in [-0.3, -0.25) is 9.10 Å². The first-order valence-corrected chi connectivity index (χ1v) is 13.1. The summed E-state index contributed by atoms with van der Waals surface area (Å²) in [6.07, 6.45) is 2.80. The van der Waals surface area contributed by atoms with Crippen LogP contribution in [0.1, 0.15) is 34.8 Å². The van der Waals surface area contributed by atoms with E-state index >= 15 is 0 Å². The highest BCUT2D eigenvalue weighted by molar-refractivity contribution is 7.92. The minimum absolute atomic E-state index is 0.00716. The lowest BCUT2D eigenvalue weighted by molar-refractivity contribution is 0.0938. The van der Waals surface area contributed by atoms with Crippen LogP contribution in [0.3, 0.4) is 0 Å². The summed E-state index contributed by atoms with van der Waals surface area (Å²) in [5, 5.41) is 3.77. The summed E-state index contributed by atoms with van der Waals surface area (Å²) < 4.78 is 26.2. The predicted molar refractivity (Wildman–Crippen MR) is 136 cm³/mol. The molecule has 1 atom stereocenters. The topological polar surface area (TPSA) is 66.5 Å². The molecule has 8 heteroatoms. The molecule has 0 unspecified atom stereocenters. The zero-order valence-corrected chi connectivity index (χ0v) is 20.8. The molecule has 0 spiro atoms. The number of benzene rings is 3. The summed E-state index contributed by atoms with van der Waals surface area (Å²) in [7, 11) is -3.62. The van der Waals surface area contributed by atoms with Crippen molar-refractivity contribution in [3.8, 4) is 0 Å². The van der Waals surface area contributed by atoms with Crippen molar-refractivity contribution in [2.24, 2.45) is 0 Å². The van der Waals surface area contributed by atoms with Gasteiger partial charge in [0.1, 0.15) is 0 Å². The van der Waals surface area contributed by atoms with Crippen LogP contribution in [0.25, 0.3) is 0 Å². The van der Waals surface area contributed by atoms with Gasteiger partial charge >= 0.3 is 0 Å². The molecule has 5 nitrogen and oxygen atoms in total. The Bertz CT molecular complexity index is 1180. The maximum Gasteiger partial charge on any atom is 0.251 e. The zero-order valence-electron chi connectivity index (χ0n) is 18.5. The van der Waals surface area contributed by atoms with E-state index in [-0.39, 0.29) is 18.5 Å². The molecule has 0 aliphatic carbocycles. The van der Waals surface area contributed by atoms with E-state index in [1.165, 1.54) is 9.87 Å². The first kappa shape index (κ1) is 25.1. The normalized spacial score (nSPS) is 12.2. The van der Waals surface area contributed by atoms with Gasteiger partial charge in [0.25, 0.3) is 5.91 Å². The van der Waals surface area contributed by atoms with Crippen molar-refractivity contribution in [3.05, 3.63) is 99.5 Å². The van der Waals surface area contributed by atoms with Crippen LogP contribution in [0.4, 0.5) is 5.69 Å². The Morgan fingerprint density at radius 3 is 2.12 bits per heavy atom. The lowest BCUT2D eigenvalue weighted by Crippen LogP contribution is -2.33. The fourth-order valence-corrected chi connectivity index (χ4v) is 4.80. The van der Waals surface area contributed by atoms with Crippen LogP contribution in [0.15, 0.2) is 72.8 Å². The Labute approximate surface area is 205 Å². The molecule has 0 bridgehead atoms. The summed E-state index contributed by atoms with van der Waals surface area (Å²) in [6, 6.07) is 21.6. The number of hydrogen-bond acceptors (Lipinski definition) is 3. The van der Waals surface area contributed by atoms with Crippen LogP contribution < -0.4 is 9.62 Å². The molecule has 3 aromatic rings. The largest absolute Gasteiger partial charge is 0.350 e. The maximum absolute atomic E-state index is 12.6. The number of nitrogens with one attached hydrogen (secondary N) is 1. The minimum Gasteiger partial charge on any atom is -0.350 e. The van der Waals surface area contributed by atoms with Gasteiger partial charge in [-0.15, -0.1) is 0 Å². The molecule has 0 saturated carbocycles. The van der Waals surface area contributed by atoms with Crippen molar-refractivity contribution >= 4 is 44.8 Å². The van der Waals surface area contributed by atoms with Gasteiger partial charge < -0.3 is 5.32 Å². The van der Waals surface area contributed by atoms with Gasteiger partial charge in [-0.1, -0.05) is 59.6 Å². The standard InChI is InChI=1S/C25H26Cl2N2O3S/c1-18(11-12-19-7-4-3-5-8-19)28-25(30)20-13-15-21(16-14-20)29(33(2,31)32)17-22-23(26)9-6-10-24(22)27/h3-10,13-16,18H,11-12,17H2,1-2H3,(H,28,30)/t18-/m1/s1. The smallest absolute Gasteiger partial charge is 0.251 e. The quantitative estimate of drug-likeness (QED) is 0.405. The number of aryl methyl sites for hydroxylation is 1. The van der Waals surface area contributed by atoms with E-state index in [1.807, 2.05) is 25.1 Å². The lowest BCUT2D eigenvalue weighted by Gasteiger charge is -2.24. The second kappa shape index (κ2) is 11.1.